The number of benzene rings is 1. The third-order valence-electron chi connectivity index (χ3n) is 4.62. The Morgan fingerprint density at radius 2 is 2.16 bits per heavy atom. The third-order valence-corrected chi connectivity index (χ3v) is 4.95. The molecule has 2 rings (SSSR count). The molecule has 25 heavy (non-hydrogen) atoms. The van der Waals surface area contributed by atoms with Crippen LogP contribution in [0.25, 0.3) is 0 Å². The number of carboxylic acids is 1. The molecule has 0 bridgehead atoms. The molecule has 1 heterocycles. The van der Waals surface area contributed by atoms with E-state index in [2.05, 4.69) is 0 Å². The number of carboxylic acid groups (broad SMARTS) is 1. The van der Waals surface area contributed by atoms with Gasteiger partial charge in [0.1, 0.15) is 11.9 Å². The van der Waals surface area contributed by atoms with Crippen molar-refractivity contribution in [3.05, 3.63) is 34.6 Å². The molecule has 1 fully saturated rings. The second-order valence-corrected chi connectivity index (χ2v) is 7.13. The summed E-state index contributed by atoms with van der Waals surface area (Å²) in [6, 6.07) is 3.60. The monoisotopic (exact) mass is 370 g/mol. The van der Waals surface area contributed by atoms with E-state index in [9.17, 15) is 14.0 Å². The van der Waals surface area contributed by atoms with Gasteiger partial charge in [-0.15, -0.1) is 0 Å². The van der Waals surface area contributed by atoms with E-state index in [0.717, 1.165) is 12.8 Å². The van der Waals surface area contributed by atoms with Crippen molar-refractivity contribution in [2.45, 2.75) is 31.7 Å². The number of nitrogens with zero attached hydrogens (tertiary/aromatic N) is 2. The van der Waals surface area contributed by atoms with E-state index >= 15 is 0 Å². The molecule has 7 heteroatoms. The maximum atomic E-state index is 14.3. The van der Waals surface area contributed by atoms with Crippen LogP contribution in [0.2, 0.25) is 5.02 Å². The van der Waals surface area contributed by atoms with Gasteiger partial charge in [-0.05, 0) is 51.4 Å². The molecule has 2 atom stereocenters. The predicted octanol–water partition coefficient (Wildman–Crippen LogP) is 3.19. The van der Waals surface area contributed by atoms with E-state index in [1.165, 1.54) is 12.1 Å². The molecular weight excluding hydrogens is 347 g/mol. The average molecular weight is 371 g/mol. The Balaban J connectivity index is 2.18. The Kier molecular flexibility index (Phi) is 6.79. The summed E-state index contributed by atoms with van der Waals surface area (Å²) < 4.78 is 14.3. The first-order chi connectivity index (χ1) is 11.8. The fourth-order valence-electron chi connectivity index (χ4n) is 3.38. The Bertz CT molecular complexity index is 618. The molecule has 0 spiro atoms. The minimum absolute atomic E-state index is 0.100. The highest BCUT2D eigenvalue weighted by molar-refractivity contribution is 6.31. The molecule has 0 saturated carbocycles. The molecule has 1 aliphatic heterocycles. The van der Waals surface area contributed by atoms with Crippen molar-refractivity contribution >= 4 is 23.5 Å². The summed E-state index contributed by atoms with van der Waals surface area (Å²) in [5.74, 6) is -1.36. The minimum Gasteiger partial charge on any atom is -0.481 e. The maximum absolute atomic E-state index is 14.3. The SMILES string of the molecule is CN(C)C(C(=O)N1CCCC(CCC(=O)O)C1)c1c(F)cccc1Cl. The second-order valence-electron chi connectivity index (χ2n) is 6.73. The zero-order valence-electron chi connectivity index (χ0n) is 14.5. The first-order valence-corrected chi connectivity index (χ1v) is 8.80. The lowest BCUT2D eigenvalue weighted by molar-refractivity contribution is -0.138. The lowest BCUT2D eigenvalue weighted by atomic mass is 9.92. The molecule has 1 aliphatic rings. The fraction of sp³-hybridized carbons (Fsp3) is 0.556. The van der Waals surface area contributed by atoms with E-state index in [1.54, 1.807) is 30.0 Å². The molecule has 1 aromatic carbocycles. The molecule has 0 radical (unpaired) electrons. The van der Waals surface area contributed by atoms with Crippen molar-refractivity contribution in [1.29, 1.82) is 0 Å². The van der Waals surface area contributed by atoms with Gasteiger partial charge in [0.25, 0.3) is 0 Å². The number of carbonyl (C=O) groups is 2. The van der Waals surface area contributed by atoms with Crippen LogP contribution in [-0.4, -0.2) is 54.0 Å². The number of hydrogen-bond donors (Lipinski definition) is 1. The van der Waals surface area contributed by atoms with Gasteiger partial charge in [-0.2, -0.15) is 0 Å². The second kappa shape index (κ2) is 8.63. The molecule has 1 saturated heterocycles. The van der Waals surface area contributed by atoms with Crippen LogP contribution in [0.1, 0.15) is 37.3 Å². The summed E-state index contributed by atoms with van der Waals surface area (Å²) in [4.78, 5) is 27.2. The molecule has 0 aliphatic carbocycles. The highest BCUT2D eigenvalue weighted by Crippen LogP contribution is 2.32. The lowest BCUT2D eigenvalue weighted by Crippen LogP contribution is -2.45. The van der Waals surface area contributed by atoms with Crippen molar-refractivity contribution in [2.75, 3.05) is 27.2 Å². The maximum Gasteiger partial charge on any atom is 0.303 e. The number of carbonyl (C=O) groups excluding carboxylic acids is 1. The molecule has 5 nitrogen and oxygen atoms in total. The van der Waals surface area contributed by atoms with Gasteiger partial charge < -0.3 is 10.0 Å². The topological polar surface area (TPSA) is 60.9 Å². The van der Waals surface area contributed by atoms with Crippen LogP contribution in [0.5, 0.6) is 0 Å². The van der Waals surface area contributed by atoms with Crippen LogP contribution in [0, 0.1) is 11.7 Å². The number of rotatable bonds is 6. The van der Waals surface area contributed by atoms with Crippen molar-refractivity contribution in [2.24, 2.45) is 5.92 Å². The van der Waals surface area contributed by atoms with Crippen LogP contribution in [-0.2, 0) is 9.59 Å². The van der Waals surface area contributed by atoms with Crippen LogP contribution in [0.3, 0.4) is 0 Å². The Morgan fingerprint density at radius 1 is 1.44 bits per heavy atom. The van der Waals surface area contributed by atoms with E-state index in [-0.39, 0.29) is 28.8 Å². The van der Waals surface area contributed by atoms with Gasteiger partial charge in [0.15, 0.2) is 0 Å². The van der Waals surface area contributed by atoms with E-state index in [1.807, 2.05) is 0 Å². The highest BCUT2D eigenvalue weighted by Gasteiger charge is 2.34. The van der Waals surface area contributed by atoms with E-state index in [4.69, 9.17) is 16.7 Å². The van der Waals surface area contributed by atoms with Crippen LogP contribution >= 0.6 is 11.6 Å². The molecule has 1 aromatic rings. The molecular formula is C18H24ClFN2O3. The minimum atomic E-state index is -0.826. The lowest BCUT2D eigenvalue weighted by Gasteiger charge is -2.37. The quantitative estimate of drug-likeness (QED) is 0.835. The molecule has 138 valence electrons. The van der Waals surface area contributed by atoms with Gasteiger partial charge in [-0.25, -0.2) is 4.39 Å². The molecule has 2 unspecified atom stereocenters. The smallest absolute Gasteiger partial charge is 0.303 e. The van der Waals surface area contributed by atoms with E-state index in [0.29, 0.717) is 19.5 Å². The third kappa shape index (κ3) is 4.92. The Hall–Kier alpha value is -1.66. The Labute approximate surface area is 152 Å². The van der Waals surface area contributed by atoms with Gasteiger partial charge in [-0.1, -0.05) is 17.7 Å². The zero-order chi connectivity index (χ0) is 18.6. The number of amides is 1. The number of likely N-dealkylation sites (N-methyl/N-ethyl adjacent to an activating group) is 1. The highest BCUT2D eigenvalue weighted by atomic mass is 35.5. The van der Waals surface area contributed by atoms with Crippen molar-refractivity contribution in [3.8, 4) is 0 Å². The average Bonchev–Trinajstić information content (AvgIpc) is 2.56. The Morgan fingerprint density at radius 3 is 2.76 bits per heavy atom. The first-order valence-electron chi connectivity index (χ1n) is 8.42. The van der Waals surface area contributed by atoms with Gasteiger partial charge in [0.05, 0.1) is 0 Å². The summed E-state index contributed by atoms with van der Waals surface area (Å²) >= 11 is 6.16. The molecule has 1 amide bonds. The largest absolute Gasteiger partial charge is 0.481 e. The van der Waals surface area contributed by atoms with Crippen LogP contribution in [0.15, 0.2) is 18.2 Å². The molecule has 1 N–H and O–H groups in total. The number of halogens is 2. The summed E-state index contributed by atoms with van der Waals surface area (Å²) in [7, 11) is 3.44. The number of aliphatic carboxylic acids is 1. The first kappa shape index (κ1) is 19.7. The van der Waals surface area contributed by atoms with Crippen molar-refractivity contribution in [3.63, 3.8) is 0 Å². The van der Waals surface area contributed by atoms with Crippen LogP contribution in [0.4, 0.5) is 4.39 Å². The predicted molar refractivity (Wildman–Crippen MR) is 94.0 cm³/mol. The summed E-state index contributed by atoms with van der Waals surface area (Å²) in [6.07, 6.45) is 2.38. The standard InChI is InChI=1S/C18H24ClFN2O3/c1-21(2)17(16-13(19)6-3-7-14(16)20)18(25)22-10-4-5-12(11-22)8-9-15(23)24/h3,6-7,12,17H,4-5,8-11H2,1-2H3,(H,23,24). The summed E-state index contributed by atoms with van der Waals surface area (Å²) in [6.45, 7) is 1.10. The number of hydrogen-bond acceptors (Lipinski definition) is 3. The van der Waals surface area contributed by atoms with Crippen molar-refractivity contribution < 1.29 is 19.1 Å². The summed E-state index contributed by atoms with van der Waals surface area (Å²) in [5, 5.41) is 9.07. The van der Waals surface area contributed by atoms with Crippen LogP contribution < -0.4 is 0 Å². The number of likely N-dealkylation sites (tertiary alicyclic amines) is 1. The van der Waals surface area contributed by atoms with Gasteiger partial charge in [-0.3, -0.25) is 14.5 Å². The van der Waals surface area contributed by atoms with Gasteiger partial charge >= 0.3 is 5.97 Å². The van der Waals surface area contributed by atoms with Gasteiger partial charge in [0.2, 0.25) is 5.91 Å². The van der Waals surface area contributed by atoms with E-state index < -0.39 is 17.8 Å². The summed E-state index contributed by atoms with van der Waals surface area (Å²) in [5.41, 5.74) is 0.187. The number of piperidine rings is 1. The van der Waals surface area contributed by atoms with Gasteiger partial charge in [0, 0.05) is 30.1 Å². The van der Waals surface area contributed by atoms with Crippen molar-refractivity contribution in [1.82, 2.24) is 9.80 Å². The zero-order valence-corrected chi connectivity index (χ0v) is 15.3. The molecule has 0 aromatic heterocycles. The normalized spacial score (nSPS) is 19.1. The fourth-order valence-corrected chi connectivity index (χ4v) is 3.64.